The highest BCUT2D eigenvalue weighted by atomic mass is 16.5. The number of rotatable bonds is 2. The molecular formula is C13H19N3O2. The van der Waals surface area contributed by atoms with Crippen LogP contribution in [-0.4, -0.2) is 35.6 Å². The minimum atomic E-state index is -0.211. The molecular weight excluding hydrogens is 230 g/mol. The van der Waals surface area contributed by atoms with Gasteiger partial charge in [-0.1, -0.05) is 0 Å². The zero-order valence-corrected chi connectivity index (χ0v) is 11.1. The van der Waals surface area contributed by atoms with E-state index in [1.54, 1.807) is 0 Å². The van der Waals surface area contributed by atoms with Gasteiger partial charge in [0.05, 0.1) is 7.11 Å². The lowest BCUT2D eigenvalue weighted by Gasteiger charge is -2.34. The number of methoxy groups -OCH3 is 1. The van der Waals surface area contributed by atoms with Gasteiger partial charge in [-0.3, -0.25) is 0 Å². The monoisotopic (exact) mass is 249 g/mol. The number of esters is 1. The number of nitrogens with zero attached hydrogens (tertiary/aromatic N) is 3. The molecule has 1 atom stereocenters. The fourth-order valence-electron chi connectivity index (χ4n) is 2.43. The molecule has 1 aromatic heterocycles. The summed E-state index contributed by atoms with van der Waals surface area (Å²) >= 11 is 0. The third kappa shape index (κ3) is 2.60. The van der Waals surface area contributed by atoms with E-state index in [1.165, 1.54) is 7.11 Å². The SMILES string of the molecule is COC(=O)C1CCCCN1c1cc(C)nc(C)n1. The van der Waals surface area contributed by atoms with Gasteiger partial charge in [0, 0.05) is 18.3 Å². The molecule has 1 aliphatic rings. The minimum Gasteiger partial charge on any atom is -0.467 e. The lowest BCUT2D eigenvalue weighted by molar-refractivity contribution is -0.142. The Kier molecular flexibility index (Phi) is 3.79. The van der Waals surface area contributed by atoms with Crippen LogP contribution in [0, 0.1) is 13.8 Å². The van der Waals surface area contributed by atoms with Crippen molar-refractivity contribution in [1.82, 2.24) is 9.97 Å². The summed E-state index contributed by atoms with van der Waals surface area (Å²) < 4.78 is 4.88. The van der Waals surface area contributed by atoms with E-state index in [0.717, 1.165) is 43.1 Å². The van der Waals surface area contributed by atoms with Crippen molar-refractivity contribution in [3.63, 3.8) is 0 Å². The number of aromatic nitrogens is 2. The fraction of sp³-hybridized carbons (Fsp3) is 0.615. The van der Waals surface area contributed by atoms with Crippen LogP contribution in [0.5, 0.6) is 0 Å². The summed E-state index contributed by atoms with van der Waals surface area (Å²) in [5, 5.41) is 0. The standard InChI is InChI=1S/C13H19N3O2/c1-9-8-12(15-10(2)14-9)16-7-5-4-6-11(16)13(17)18-3/h8,11H,4-7H2,1-3H3. The number of ether oxygens (including phenoxy) is 1. The number of hydrogen-bond acceptors (Lipinski definition) is 5. The largest absolute Gasteiger partial charge is 0.467 e. The van der Waals surface area contributed by atoms with Crippen LogP contribution in [0.3, 0.4) is 0 Å². The maximum absolute atomic E-state index is 11.8. The van der Waals surface area contributed by atoms with E-state index in [9.17, 15) is 4.79 Å². The molecule has 98 valence electrons. The van der Waals surface area contributed by atoms with Gasteiger partial charge < -0.3 is 9.64 Å². The van der Waals surface area contributed by atoms with Crippen LogP contribution < -0.4 is 4.90 Å². The van der Waals surface area contributed by atoms with Crippen molar-refractivity contribution >= 4 is 11.8 Å². The Hall–Kier alpha value is -1.65. The van der Waals surface area contributed by atoms with Crippen LogP contribution in [0.15, 0.2) is 6.07 Å². The van der Waals surface area contributed by atoms with Crippen LogP contribution in [0.1, 0.15) is 30.8 Å². The summed E-state index contributed by atoms with van der Waals surface area (Å²) in [6.45, 7) is 4.65. The van der Waals surface area contributed by atoms with Crippen molar-refractivity contribution in [2.75, 3.05) is 18.6 Å². The molecule has 0 N–H and O–H groups in total. The number of carbonyl (C=O) groups excluding carboxylic acids is 1. The Labute approximate surface area is 107 Å². The van der Waals surface area contributed by atoms with Crippen LogP contribution in [0.4, 0.5) is 5.82 Å². The smallest absolute Gasteiger partial charge is 0.328 e. The maximum Gasteiger partial charge on any atom is 0.328 e. The quantitative estimate of drug-likeness (QED) is 0.746. The third-order valence-electron chi connectivity index (χ3n) is 3.22. The van der Waals surface area contributed by atoms with Crippen LogP contribution in [-0.2, 0) is 9.53 Å². The molecule has 1 saturated heterocycles. The average molecular weight is 249 g/mol. The summed E-state index contributed by atoms with van der Waals surface area (Å²) in [6, 6.07) is 1.71. The molecule has 5 heteroatoms. The topological polar surface area (TPSA) is 55.3 Å². The van der Waals surface area contributed by atoms with Gasteiger partial charge in [-0.05, 0) is 33.1 Å². The van der Waals surface area contributed by atoms with Crippen LogP contribution in [0.25, 0.3) is 0 Å². The lowest BCUT2D eigenvalue weighted by Crippen LogP contribution is -2.45. The first-order valence-electron chi connectivity index (χ1n) is 6.28. The molecule has 2 heterocycles. The minimum absolute atomic E-state index is 0.177. The molecule has 0 aromatic carbocycles. The molecule has 1 aromatic rings. The van der Waals surface area contributed by atoms with Gasteiger partial charge in [0.2, 0.25) is 0 Å². The number of hydrogen-bond donors (Lipinski definition) is 0. The molecule has 18 heavy (non-hydrogen) atoms. The van der Waals surface area contributed by atoms with Crippen molar-refractivity contribution in [3.05, 3.63) is 17.6 Å². The number of anilines is 1. The van der Waals surface area contributed by atoms with Gasteiger partial charge in [-0.25, -0.2) is 14.8 Å². The van der Waals surface area contributed by atoms with Crippen molar-refractivity contribution in [2.24, 2.45) is 0 Å². The number of piperidine rings is 1. The second kappa shape index (κ2) is 5.33. The van der Waals surface area contributed by atoms with Gasteiger partial charge in [0.1, 0.15) is 17.7 Å². The zero-order chi connectivity index (χ0) is 13.1. The highest BCUT2D eigenvalue weighted by molar-refractivity contribution is 5.79. The summed E-state index contributed by atoms with van der Waals surface area (Å²) in [7, 11) is 1.44. The van der Waals surface area contributed by atoms with E-state index in [1.807, 2.05) is 24.8 Å². The molecule has 0 spiro atoms. The van der Waals surface area contributed by atoms with Crippen molar-refractivity contribution in [3.8, 4) is 0 Å². The van der Waals surface area contributed by atoms with E-state index in [4.69, 9.17) is 4.74 Å². The zero-order valence-electron chi connectivity index (χ0n) is 11.1. The molecule has 1 fully saturated rings. The predicted octanol–water partition coefficient (Wildman–Crippen LogP) is 1.63. The Morgan fingerprint density at radius 3 is 2.83 bits per heavy atom. The predicted molar refractivity (Wildman–Crippen MR) is 68.5 cm³/mol. The van der Waals surface area contributed by atoms with Gasteiger partial charge in [0.15, 0.2) is 0 Å². The van der Waals surface area contributed by atoms with Crippen molar-refractivity contribution < 1.29 is 9.53 Å². The Morgan fingerprint density at radius 2 is 2.17 bits per heavy atom. The third-order valence-corrected chi connectivity index (χ3v) is 3.22. The fourth-order valence-corrected chi connectivity index (χ4v) is 2.43. The molecule has 5 nitrogen and oxygen atoms in total. The lowest BCUT2D eigenvalue weighted by atomic mass is 10.0. The molecule has 0 saturated carbocycles. The second-order valence-electron chi connectivity index (χ2n) is 4.64. The average Bonchev–Trinajstić information content (AvgIpc) is 2.36. The van der Waals surface area contributed by atoms with Gasteiger partial charge in [0.25, 0.3) is 0 Å². The number of aryl methyl sites for hydroxylation is 2. The van der Waals surface area contributed by atoms with Crippen LogP contribution >= 0.6 is 0 Å². The van der Waals surface area contributed by atoms with E-state index >= 15 is 0 Å². The number of carbonyl (C=O) groups is 1. The summed E-state index contributed by atoms with van der Waals surface area (Å²) in [5.41, 5.74) is 0.923. The van der Waals surface area contributed by atoms with Gasteiger partial charge in [-0.15, -0.1) is 0 Å². The molecule has 1 unspecified atom stereocenters. The molecule has 0 radical (unpaired) electrons. The normalized spacial score (nSPS) is 19.7. The first kappa shape index (κ1) is 12.8. The highest BCUT2D eigenvalue weighted by Gasteiger charge is 2.30. The van der Waals surface area contributed by atoms with Gasteiger partial charge >= 0.3 is 5.97 Å². The van der Waals surface area contributed by atoms with Gasteiger partial charge in [-0.2, -0.15) is 0 Å². The summed E-state index contributed by atoms with van der Waals surface area (Å²) in [4.78, 5) is 22.5. The highest BCUT2D eigenvalue weighted by Crippen LogP contribution is 2.24. The summed E-state index contributed by atoms with van der Waals surface area (Å²) in [6.07, 6.45) is 2.96. The first-order valence-corrected chi connectivity index (χ1v) is 6.28. The van der Waals surface area contributed by atoms with E-state index in [2.05, 4.69) is 9.97 Å². The molecule has 0 bridgehead atoms. The molecule has 0 aliphatic carbocycles. The first-order chi connectivity index (χ1) is 8.61. The Bertz CT molecular complexity index is 428. The van der Waals surface area contributed by atoms with E-state index in [0.29, 0.717) is 0 Å². The molecule has 2 rings (SSSR count). The van der Waals surface area contributed by atoms with E-state index < -0.39 is 0 Å². The second-order valence-corrected chi connectivity index (χ2v) is 4.64. The van der Waals surface area contributed by atoms with Crippen molar-refractivity contribution in [1.29, 1.82) is 0 Å². The maximum atomic E-state index is 11.8. The Morgan fingerprint density at radius 1 is 1.39 bits per heavy atom. The summed E-state index contributed by atoms with van der Waals surface area (Å²) in [5.74, 6) is 1.39. The van der Waals surface area contributed by atoms with Crippen LogP contribution in [0.2, 0.25) is 0 Å². The van der Waals surface area contributed by atoms with Crippen molar-refractivity contribution in [2.45, 2.75) is 39.2 Å². The molecule has 1 aliphatic heterocycles. The van der Waals surface area contributed by atoms with E-state index in [-0.39, 0.29) is 12.0 Å². The Balaban J connectivity index is 2.30. The molecule has 0 amide bonds.